The van der Waals surface area contributed by atoms with Crippen LogP contribution < -0.4 is 9.47 Å². The lowest BCUT2D eigenvalue weighted by Gasteiger charge is -2.32. The number of hydrogen-bond acceptors (Lipinski definition) is 5. The summed E-state index contributed by atoms with van der Waals surface area (Å²) in [6.45, 7) is 1.19. The number of nitrogens with zero attached hydrogens (tertiary/aromatic N) is 1. The van der Waals surface area contributed by atoms with Crippen LogP contribution in [0.1, 0.15) is 18.4 Å². The normalized spacial score (nSPS) is 17.4. The maximum atomic E-state index is 12.4. The molecular formula is C17H23NO6. The molecule has 0 aliphatic carbocycles. The molecule has 1 aliphatic rings. The molecule has 0 aromatic heterocycles. The van der Waals surface area contributed by atoms with E-state index in [-0.39, 0.29) is 12.3 Å². The highest BCUT2D eigenvalue weighted by molar-refractivity contribution is 5.76. The fraction of sp³-hybridized carbons (Fsp3) is 0.529. The first-order valence-corrected chi connectivity index (χ1v) is 7.85. The minimum Gasteiger partial charge on any atom is -0.497 e. The molecule has 1 fully saturated rings. The third kappa shape index (κ3) is 5.13. The van der Waals surface area contributed by atoms with Crippen LogP contribution >= 0.6 is 0 Å². The van der Waals surface area contributed by atoms with Crippen LogP contribution in [0.15, 0.2) is 18.2 Å². The summed E-state index contributed by atoms with van der Waals surface area (Å²) in [5, 5.41) is 8.83. The third-order valence-electron chi connectivity index (χ3n) is 3.93. The molecule has 1 aliphatic heterocycles. The molecule has 1 aromatic rings. The minimum absolute atomic E-state index is 0.00419. The Balaban J connectivity index is 1.91. The van der Waals surface area contributed by atoms with E-state index in [4.69, 9.17) is 19.3 Å². The molecule has 1 heterocycles. The van der Waals surface area contributed by atoms with Gasteiger partial charge in [0.1, 0.15) is 11.5 Å². The van der Waals surface area contributed by atoms with E-state index in [1.54, 1.807) is 25.2 Å². The van der Waals surface area contributed by atoms with E-state index in [1.807, 2.05) is 12.1 Å². The van der Waals surface area contributed by atoms with Gasteiger partial charge in [0.15, 0.2) is 0 Å². The lowest BCUT2D eigenvalue weighted by Crippen LogP contribution is -2.46. The first-order valence-electron chi connectivity index (χ1n) is 7.85. The lowest BCUT2D eigenvalue weighted by molar-refractivity contribution is -0.147. The summed E-state index contributed by atoms with van der Waals surface area (Å²) in [7, 11) is 3.17. The standard InChI is InChI=1S/C17H23NO6/c1-22-13-7-12(8-14(9-13)23-2)3-4-16(19)18-5-6-24-15(11-18)10-17(20)21/h7-9,15H,3-6,10-11H2,1-2H3,(H,20,21)/t15-/m0/s1. The Morgan fingerprint density at radius 3 is 2.50 bits per heavy atom. The number of hydrogen-bond donors (Lipinski definition) is 1. The Morgan fingerprint density at radius 2 is 1.92 bits per heavy atom. The van der Waals surface area contributed by atoms with Gasteiger partial charge >= 0.3 is 5.97 Å². The van der Waals surface area contributed by atoms with Crippen LogP contribution in [0, 0.1) is 0 Å². The number of aryl methyl sites for hydroxylation is 1. The average Bonchev–Trinajstić information content (AvgIpc) is 2.58. The summed E-state index contributed by atoms with van der Waals surface area (Å²) in [6, 6.07) is 5.54. The van der Waals surface area contributed by atoms with Gasteiger partial charge in [0, 0.05) is 25.6 Å². The van der Waals surface area contributed by atoms with E-state index >= 15 is 0 Å². The monoisotopic (exact) mass is 337 g/mol. The van der Waals surface area contributed by atoms with Crippen molar-refractivity contribution in [3.05, 3.63) is 23.8 Å². The van der Waals surface area contributed by atoms with Crippen molar-refractivity contribution in [3.63, 3.8) is 0 Å². The van der Waals surface area contributed by atoms with Crippen LogP contribution in [0.3, 0.4) is 0 Å². The van der Waals surface area contributed by atoms with E-state index in [0.29, 0.717) is 44.0 Å². The van der Waals surface area contributed by atoms with E-state index < -0.39 is 12.1 Å². The van der Waals surface area contributed by atoms with Gasteiger partial charge in [0.2, 0.25) is 5.91 Å². The quantitative estimate of drug-likeness (QED) is 0.808. The van der Waals surface area contributed by atoms with Gasteiger partial charge in [-0.2, -0.15) is 0 Å². The van der Waals surface area contributed by atoms with Crippen molar-refractivity contribution in [3.8, 4) is 11.5 Å². The zero-order valence-corrected chi connectivity index (χ0v) is 14.0. The van der Waals surface area contributed by atoms with Gasteiger partial charge in [-0.05, 0) is 24.1 Å². The zero-order valence-electron chi connectivity index (χ0n) is 14.0. The summed E-state index contributed by atoms with van der Waals surface area (Å²) in [4.78, 5) is 24.8. The predicted octanol–water partition coefficient (Wildman–Crippen LogP) is 1.34. The Hall–Kier alpha value is -2.28. The van der Waals surface area contributed by atoms with Crippen LogP contribution in [0.5, 0.6) is 11.5 Å². The van der Waals surface area contributed by atoms with Crippen LogP contribution in [-0.4, -0.2) is 61.9 Å². The van der Waals surface area contributed by atoms with Crippen molar-refractivity contribution < 1.29 is 28.9 Å². The summed E-state index contributed by atoms with van der Waals surface area (Å²) in [5.41, 5.74) is 0.954. The molecule has 0 bridgehead atoms. The minimum atomic E-state index is -0.919. The predicted molar refractivity (Wildman–Crippen MR) is 86.4 cm³/mol. The third-order valence-corrected chi connectivity index (χ3v) is 3.93. The Labute approximate surface area is 141 Å². The molecule has 0 spiro atoms. The number of aliphatic carboxylic acids is 1. The molecule has 132 valence electrons. The number of benzene rings is 1. The molecule has 1 N–H and O–H groups in total. The second-order valence-electron chi connectivity index (χ2n) is 5.65. The molecule has 1 aromatic carbocycles. The number of carboxylic acid groups (broad SMARTS) is 1. The van der Waals surface area contributed by atoms with E-state index in [2.05, 4.69) is 0 Å². The van der Waals surface area contributed by atoms with Crippen molar-refractivity contribution in [1.82, 2.24) is 4.90 Å². The summed E-state index contributed by atoms with van der Waals surface area (Å²) >= 11 is 0. The summed E-state index contributed by atoms with van der Waals surface area (Å²) in [6.07, 6.45) is 0.387. The van der Waals surface area contributed by atoms with Crippen LogP contribution in [0.4, 0.5) is 0 Å². The molecule has 7 heteroatoms. The fourth-order valence-corrected chi connectivity index (χ4v) is 2.68. The molecule has 7 nitrogen and oxygen atoms in total. The SMILES string of the molecule is COc1cc(CCC(=O)N2CCO[C@@H](CC(=O)O)C2)cc(OC)c1. The fourth-order valence-electron chi connectivity index (χ4n) is 2.68. The smallest absolute Gasteiger partial charge is 0.306 e. The number of rotatable bonds is 7. The number of amides is 1. The zero-order chi connectivity index (χ0) is 17.5. The largest absolute Gasteiger partial charge is 0.497 e. The van der Waals surface area contributed by atoms with Crippen LogP contribution in [0.2, 0.25) is 0 Å². The lowest BCUT2D eigenvalue weighted by atomic mass is 10.1. The van der Waals surface area contributed by atoms with Gasteiger partial charge in [0.05, 0.1) is 33.4 Å². The number of ether oxygens (including phenoxy) is 3. The van der Waals surface area contributed by atoms with Gasteiger partial charge in [0.25, 0.3) is 0 Å². The van der Waals surface area contributed by atoms with Crippen molar-refractivity contribution in [2.24, 2.45) is 0 Å². The Kier molecular flexibility index (Phi) is 6.43. The van der Waals surface area contributed by atoms with E-state index in [9.17, 15) is 9.59 Å². The van der Waals surface area contributed by atoms with Crippen molar-refractivity contribution in [1.29, 1.82) is 0 Å². The number of morpholine rings is 1. The first-order chi connectivity index (χ1) is 11.5. The Bertz CT molecular complexity index is 566. The molecule has 1 saturated heterocycles. The number of methoxy groups -OCH3 is 2. The molecule has 1 amide bonds. The maximum absolute atomic E-state index is 12.4. The first kappa shape index (κ1) is 18.1. The Morgan fingerprint density at radius 1 is 1.25 bits per heavy atom. The number of carbonyl (C=O) groups excluding carboxylic acids is 1. The summed E-state index contributed by atoms with van der Waals surface area (Å²) < 4.78 is 15.8. The van der Waals surface area contributed by atoms with Crippen molar-refractivity contribution in [2.75, 3.05) is 33.9 Å². The van der Waals surface area contributed by atoms with Gasteiger partial charge in [-0.25, -0.2) is 0 Å². The van der Waals surface area contributed by atoms with E-state index in [1.165, 1.54) is 0 Å². The highest BCUT2D eigenvalue weighted by Gasteiger charge is 2.25. The highest BCUT2D eigenvalue weighted by atomic mass is 16.5. The average molecular weight is 337 g/mol. The topological polar surface area (TPSA) is 85.3 Å². The van der Waals surface area contributed by atoms with Crippen LogP contribution in [-0.2, 0) is 20.7 Å². The van der Waals surface area contributed by atoms with Gasteiger partial charge < -0.3 is 24.2 Å². The molecule has 0 unspecified atom stereocenters. The second kappa shape index (κ2) is 8.54. The van der Waals surface area contributed by atoms with Gasteiger partial charge in [-0.1, -0.05) is 0 Å². The van der Waals surface area contributed by atoms with Crippen LogP contribution in [0.25, 0.3) is 0 Å². The number of carboxylic acids is 1. The van der Waals surface area contributed by atoms with Crippen molar-refractivity contribution >= 4 is 11.9 Å². The van der Waals surface area contributed by atoms with Crippen molar-refractivity contribution in [2.45, 2.75) is 25.4 Å². The summed E-state index contributed by atoms with van der Waals surface area (Å²) in [5.74, 6) is 0.447. The second-order valence-corrected chi connectivity index (χ2v) is 5.65. The van der Waals surface area contributed by atoms with Gasteiger partial charge in [-0.15, -0.1) is 0 Å². The molecule has 24 heavy (non-hydrogen) atoms. The van der Waals surface area contributed by atoms with Gasteiger partial charge in [-0.3, -0.25) is 9.59 Å². The number of carbonyl (C=O) groups is 2. The molecule has 2 rings (SSSR count). The molecular weight excluding hydrogens is 314 g/mol. The van der Waals surface area contributed by atoms with E-state index in [0.717, 1.165) is 5.56 Å². The molecule has 0 radical (unpaired) electrons. The highest BCUT2D eigenvalue weighted by Crippen LogP contribution is 2.23. The maximum Gasteiger partial charge on any atom is 0.306 e. The molecule has 0 saturated carbocycles. The molecule has 1 atom stereocenters.